The number of methoxy groups -OCH3 is 1. The number of nitriles is 1. The lowest BCUT2D eigenvalue weighted by Gasteiger charge is -2.15. The van der Waals surface area contributed by atoms with Gasteiger partial charge in [0.05, 0.1) is 24.7 Å². The first-order chi connectivity index (χ1) is 9.57. The smallest absolute Gasteiger partial charge is 0.119 e. The number of ether oxygens (including phenoxy) is 2. The lowest BCUT2D eigenvalue weighted by molar-refractivity contribution is 0.199. The van der Waals surface area contributed by atoms with Crippen molar-refractivity contribution in [2.45, 2.75) is 26.8 Å². The van der Waals surface area contributed by atoms with Crippen LogP contribution in [0.25, 0.3) is 0 Å². The topological polar surface area (TPSA) is 54.3 Å². The average molecular weight is 276 g/mol. The van der Waals surface area contributed by atoms with E-state index in [1.54, 1.807) is 7.11 Å². The van der Waals surface area contributed by atoms with Crippen LogP contribution in [0.4, 0.5) is 0 Å². The molecule has 0 saturated carbocycles. The summed E-state index contributed by atoms with van der Waals surface area (Å²) in [7, 11) is 1.69. The first-order valence-corrected chi connectivity index (χ1v) is 6.90. The van der Waals surface area contributed by atoms with Gasteiger partial charge in [-0.2, -0.15) is 5.26 Å². The Hall–Kier alpha value is -1.57. The summed E-state index contributed by atoms with van der Waals surface area (Å²) in [4.78, 5) is 0. The molecular formula is C16H24N2O2. The van der Waals surface area contributed by atoms with Crippen LogP contribution in [0.15, 0.2) is 24.3 Å². The zero-order valence-electron chi connectivity index (χ0n) is 12.6. The van der Waals surface area contributed by atoms with E-state index in [-0.39, 0.29) is 5.41 Å². The maximum Gasteiger partial charge on any atom is 0.119 e. The molecule has 0 aromatic heterocycles. The zero-order valence-corrected chi connectivity index (χ0v) is 12.6. The van der Waals surface area contributed by atoms with Gasteiger partial charge in [-0.3, -0.25) is 0 Å². The van der Waals surface area contributed by atoms with Crippen LogP contribution in [0.2, 0.25) is 0 Å². The number of nitrogens with one attached hydrogen (secondary N) is 1. The molecule has 0 atom stereocenters. The molecule has 110 valence electrons. The Balaban J connectivity index is 2.38. The molecule has 0 saturated heterocycles. The van der Waals surface area contributed by atoms with E-state index in [0.717, 1.165) is 25.3 Å². The maximum absolute atomic E-state index is 8.95. The summed E-state index contributed by atoms with van der Waals surface area (Å²) in [5.74, 6) is 0.852. The third kappa shape index (κ3) is 6.55. The minimum Gasteiger partial charge on any atom is -0.494 e. The molecule has 1 aromatic rings. The normalized spacial score (nSPS) is 11.1. The van der Waals surface area contributed by atoms with Gasteiger partial charge in [-0.05, 0) is 38.0 Å². The molecule has 0 amide bonds. The van der Waals surface area contributed by atoms with Gasteiger partial charge >= 0.3 is 0 Å². The van der Waals surface area contributed by atoms with E-state index in [9.17, 15) is 0 Å². The predicted molar refractivity (Wildman–Crippen MR) is 79.5 cm³/mol. The lowest BCUT2D eigenvalue weighted by Crippen LogP contribution is -2.18. The third-order valence-corrected chi connectivity index (χ3v) is 3.01. The summed E-state index contributed by atoms with van der Waals surface area (Å²) >= 11 is 0. The van der Waals surface area contributed by atoms with E-state index in [0.29, 0.717) is 13.2 Å². The molecule has 0 radical (unpaired) electrons. The van der Waals surface area contributed by atoms with Crippen molar-refractivity contribution in [3.05, 3.63) is 29.8 Å². The Morgan fingerprint density at radius 1 is 1.30 bits per heavy atom. The molecule has 0 aliphatic carbocycles. The first-order valence-electron chi connectivity index (χ1n) is 6.90. The van der Waals surface area contributed by atoms with E-state index in [1.807, 2.05) is 32.0 Å². The summed E-state index contributed by atoms with van der Waals surface area (Å²) in [5, 5.41) is 12.2. The minimum absolute atomic E-state index is 0.334. The molecule has 0 unspecified atom stereocenters. The van der Waals surface area contributed by atoms with Crippen LogP contribution in [0, 0.1) is 16.7 Å². The van der Waals surface area contributed by atoms with Crippen molar-refractivity contribution in [3.63, 3.8) is 0 Å². The van der Waals surface area contributed by atoms with E-state index < -0.39 is 0 Å². The molecular weight excluding hydrogens is 252 g/mol. The molecule has 0 aliphatic heterocycles. The third-order valence-electron chi connectivity index (χ3n) is 3.01. The SMILES string of the molecule is COCCNCc1cccc(OCCC(C)(C)C#N)c1. The van der Waals surface area contributed by atoms with Gasteiger partial charge in [0.2, 0.25) is 0 Å². The number of nitrogens with zero attached hydrogens (tertiary/aromatic N) is 1. The molecule has 0 fully saturated rings. The van der Waals surface area contributed by atoms with Crippen molar-refractivity contribution in [2.75, 3.05) is 26.9 Å². The van der Waals surface area contributed by atoms with Gasteiger partial charge in [0, 0.05) is 20.2 Å². The second-order valence-corrected chi connectivity index (χ2v) is 5.41. The fourth-order valence-corrected chi connectivity index (χ4v) is 1.63. The largest absolute Gasteiger partial charge is 0.494 e. The lowest BCUT2D eigenvalue weighted by atomic mass is 9.92. The summed E-state index contributed by atoms with van der Waals surface area (Å²) in [5.41, 5.74) is 0.845. The van der Waals surface area contributed by atoms with E-state index in [4.69, 9.17) is 14.7 Å². The molecule has 20 heavy (non-hydrogen) atoms. The van der Waals surface area contributed by atoms with Crippen LogP contribution >= 0.6 is 0 Å². The van der Waals surface area contributed by atoms with Gasteiger partial charge in [0.15, 0.2) is 0 Å². The van der Waals surface area contributed by atoms with Crippen LogP contribution in [-0.2, 0) is 11.3 Å². The second-order valence-electron chi connectivity index (χ2n) is 5.41. The zero-order chi connectivity index (χ0) is 14.8. The molecule has 1 aromatic carbocycles. The van der Waals surface area contributed by atoms with Crippen molar-refractivity contribution >= 4 is 0 Å². The van der Waals surface area contributed by atoms with Crippen molar-refractivity contribution in [3.8, 4) is 11.8 Å². The molecule has 0 heterocycles. The Kier molecular flexibility index (Phi) is 7.06. The fourth-order valence-electron chi connectivity index (χ4n) is 1.63. The highest BCUT2D eigenvalue weighted by atomic mass is 16.5. The van der Waals surface area contributed by atoms with Crippen molar-refractivity contribution in [1.29, 1.82) is 5.26 Å². The maximum atomic E-state index is 8.95. The number of hydrogen-bond acceptors (Lipinski definition) is 4. The van der Waals surface area contributed by atoms with E-state index >= 15 is 0 Å². The molecule has 1 N–H and O–H groups in total. The van der Waals surface area contributed by atoms with Gasteiger partial charge < -0.3 is 14.8 Å². The van der Waals surface area contributed by atoms with Gasteiger partial charge in [-0.25, -0.2) is 0 Å². The van der Waals surface area contributed by atoms with E-state index in [2.05, 4.69) is 17.5 Å². The second kappa shape index (κ2) is 8.57. The van der Waals surface area contributed by atoms with Gasteiger partial charge in [-0.1, -0.05) is 12.1 Å². The Morgan fingerprint density at radius 2 is 2.10 bits per heavy atom. The molecule has 0 bridgehead atoms. The summed E-state index contributed by atoms with van der Waals surface area (Å²) in [6.45, 7) is 6.74. The molecule has 4 nitrogen and oxygen atoms in total. The van der Waals surface area contributed by atoms with Gasteiger partial charge in [0.1, 0.15) is 5.75 Å². The average Bonchev–Trinajstić information content (AvgIpc) is 2.44. The fraction of sp³-hybridized carbons (Fsp3) is 0.562. The van der Waals surface area contributed by atoms with Gasteiger partial charge in [-0.15, -0.1) is 0 Å². The summed E-state index contributed by atoms with van der Waals surface area (Å²) in [6, 6.07) is 10.3. The predicted octanol–water partition coefficient (Wildman–Crippen LogP) is 2.74. The highest BCUT2D eigenvalue weighted by Gasteiger charge is 2.16. The number of rotatable bonds is 9. The minimum atomic E-state index is -0.334. The monoisotopic (exact) mass is 276 g/mol. The molecule has 0 spiro atoms. The number of hydrogen-bond donors (Lipinski definition) is 1. The van der Waals surface area contributed by atoms with Crippen molar-refractivity contribution in [2.24, 2.45) is 5.41 Å². The Morgan fingerprint density at radius 3 is 2.80 bits per heavy atom. The number of benzene rings is 1. The highest BCUT2D eigenvalue weighted by molar-refractivity contribution is 5.28. The van der Waals surface area contributed by atoms with E-state index in [1.165, 1.54) is 5.56 Å². The standard InChI is InChI=1S/C16H24N2O2/c1-16(2,13-17)7-9-20-15-6-4-5-14(11-15)12-18-8-10-19-3/h4-6,11,18H,7-10,12H2,1-3H3. The van der Waals surface area contributed by atoms with Crippen LogP contribution in [-0.4, -0.2) is 26.9 Å². The Labute approximate surface area is 121 Å². The summed E-state index contributed by atoms with van der Waals surface area (Å²) < 4.78 is 10.7. The Bertz CT molecular complexity index is 438. The molecule has 0 aliphatic rings. The first kappa shape index (κ1) is 16.5. The highest BCUT2D eigenvalue weighted by Crippen LogP contribution is 2.20. The van der Waals surface area contributed by atoms with Crippen LogP contribution < -0.4 is 10.1 Å². The van der Waals surface area contributed by atoms with Crippen molar-refractivity contribution < 1.29 is 9.47 Å². The van der Waals surface area contributed by atoms with Gasteiger partial charge in [0.25, 0.3) is 0 Å². The quantitative estimate of drug-likeness (QED) is 0.705. The molecule has 4 heteroatoms. The van der Waals surface area contributed by atoms with Crippen LogP contribution in [0.1, 0.15) is 25.8 Å². The summed E-state index contributed by atoms with van der Waals surface area (Å²) in [6.07, 6.45) is 0.722. The van der Waals surface area contributed by atoms with Crippen LogP contribution in [0.5, 0.6) is 5.75 Å². The molecule has 1 rings (SSSR count). The van der Waals surface area contributed by atoms with Crippen molar-refractivity contribution in [1.82, 2.24) is 5.32 Å². The van der Waals surface area contributed by atoms with Crippen LogP contribution in [0.3, 0.4) is 0 Å².